The zero-order chi connectivity index (χ0) is 15.7. The number of urea groups is 1. The first-order valence-corrected chi connectivity index (χ1v) is 6.54. The number of rotatable bonds is 8. The standard InChI is InChI=1S/C13H20N4O4/c1-16(2)13(18)15-8-7-14-9-10-21-12-5-3-11(4-6-12)17(19)20/h3-6,14H,7-10H2,1-2H3,(H,15,18). The Bertz CT molecular complexity index is 462. The molecule has 0 bridgehead atoms. The average Bonchev–Trinajstić information content (AvgIpc) is 2.46. The van der Waals surface area contributed by atoms with Crippen LogP contribution in [0.4, 0.5) is 10.5 Å². The highest BCUT2D eigenvalue weighted by molar-refractivity contribution is 5.73. The summed E-state index contributed by atoms with van der Waals surface area (Å²) in [4.78, 5) is 22.7. The first-order valence-electron chi connectivity index (χ1n) is 6.54. The smallest absolute Gasteiger partial charge is 0.316 e. The molecule has 0 radical (unpaired) electrons. The number of amides is 2. The van der Waals surface area contributed by atoms with E-state index < -0.39 is 4.92 Å². The Labute approximate surface area is 123 Å². The zero-order valence-corrected chi connectivity index (χ0v) is 12.2. The molecule has 2 N–H and O–H groups in total. The minimum absolute atomic E-state index is 0.0390. The van der Waals surface area contributed by atoms with Crippen molar-refractivity contribution >= 4 is 11.7 Å². The molecule has 1 rings (SSSR count). The molecule has 0 saturated heterocycles. The van der Waals surface area contributed by atoms with Gasteiger partial charge in [0.15, 0.2) is 0 Å². The molecule has 8 heteroatoms. The van der Waals surface area contributed by atoms with Crippen LogP contribution < -0.4 is 15.4 Å². The van der Waals surface area contributed by atoms with E-state index in [9.17, 15) is 14.9 Å². The van der Waals surface area contributed by atoms with Gasteiger partial charge in [0, 0.05) is 45.9 Å². The summed E-state index contributed by atoms with van der Waals surface area (Å²) >= 11 is 0. The lowest BCUT2D eigenvalue weighted by Gasteiger charge is -2.12. The minimum Gasteiger partial charge on any atom is -0.492 e. The number of benzene rings is 1. The predicted octanol–water partition coefficient (Wildman–Crippen LogP) is 0.834. The third kappa shape index (κ3) is 6.57. The first-order chi connectivity index (χ1) is 10.0. The third-order valence-electron chi connectivity index (χ3n) is 2.58. The van der Waals surface area contributed by atoms with Crippen molar-refractivity contribution < 1.29 is 14.5 Å². The van der Waals surface area contributed by atoms with Crippen LogP contribution in [0.25, 0.3) is 0 Å². The van der Waals surface area contributed by atoms with Crippen molar-refractivity contribution in [2.24, 2.45) is 0 Å². The summed E-state index contributed by atoms with van der Waals surface area (Å²) in [5, 5.41) is 16.3. The largest absolute Gasteiger partial charge is 0.492 e. The Morgan fingerprint density at radius 1 is 1.24 bits per heavy atom. The summed E-state index contributed by atoms with van der Waals surface area (Å²) in [6.45, 7) is 2.24. The van der Waals surface area contributed by atoms with Crippen LogP contribution in [0, 0.1) is 10.1 Å². The molecule has 1 aromatic carbocycles. The topological polar surface area (TPSA) is 96.7 Å². The van der Waals surface area contributed by atoms with E-state index >= 15 is 0 Å². The van der Waals surface area contributed by atoms with E-state index in [1.54, 1.807) is 26.2 Å². The van der Waals surface area contributed by atoms with Gasteiger partial charge in [0.1, 0.15) is 12.4 Å². The number of carbonyl (C=O) groups excluding carboxylic acids is 1. The lowest BCUT2D eigenvalue weighted by atomic mass is 10.3. The lowest BCUT2D eigenvalue weighted by molar-refractivity contribution is -0.384. The van der Waals surface area contributed by atoms with Gasteiger partial charge >= 0.3 is 6.03 Å². The molecule has 0 spiro atoms. The molecule has 1 aromatic rings. The van der Waals surface area contributed by atoms with E-state index in [0.717, 1.165) is 0 Å². The van der Waals surface area contributed by atoms with Gasteiger partial charge in [-0.2, -0.15) is 0 Å². The van der Waals surface area contributed by atoms with Gasteiger partial charge in [-0.3, -0.25) is 10.1 Å². The lowest BCUT2D eigenvalue weighted by Crippen LogP contribution is -2.39. The molecule has 0 aliphatic heterocycles. The fourth-order valence-corrected chi connectivity index (χ4v) is 1.45. The first kappa shape index (κ1) is 16.7. The van der Waals surface area contributed by atoms with Crippen LogP contribution in [-0.4, -0.2) is 56.2 Å². The maximum absolute atomic E-state index is 11.2. The number of non-ortho nitro benzene ring substituents is 1. The van der Waals surface area contributed by atoms with E-state index in [4.69, 9.17) is 4.74 Å². The van der Waals surface area contributed by atoms with Gasteiger partial charge in [-0.15, -0.1) is 0 Å². The van der Waals surface area contributed by atoms with Gasteiger partial charge in [-0.1, -0.05) is 0 Å². The van der Waals surface area contributed by atoms with E-state index in [1.807, 2.05) is 0 Å². The number of nitrogens with zero attached hydrogens (tertiary/aromatic N) is 2. The fraction of sp³-hybridized carbons (Fsp3) is 0.462. The molecular weight excluding hydrogens is 276 g/mol. The molecule has 0 heterocycles. The Hall–Kier alpha value is -2.35. The van der Waals surface area contributed by atoms with Gasteiger partial charge in [0.25, 0.3) is 5.69 Å². The number of nitro groups is 1. The second kappa shape index (κ2) is 8.75. The van der Waals surface area contributed by atoms with E-state index in [1.165, 1.54) is 17.0 Å². The summed E-state index contributed by atoms with van der Waals surface area (Å²) in [5.41, 5.74) is 0.0390. The molecule has 8 nitrogen and oxygen atoms in total. The van der Waals surface area contributed by atoms with Crippen LogP contribution in [0.5, 0.6) is 5.75 Å². The number of carbonyl (C=O) groups is 1. The Morgan fingerprint density at radius 3 is 2.48 bits per heavy atom. The Balaban J connectivity index is 2.09. The maximum atomic E-state index is 11.2. The highest BCUT2D eigenvalue weighted by Gasteiger charge is 2.04. The SMILES string of the molecule is CN(C)C(=O)NCCNCCOc1ccc([N+](=O)[O-])cc1. The minimum atomic E-state index is -0.451. The normalized spacial score (nSPS) is 10.0. The van der Waals surface area contributed by atoms with Crippen molar-refractivity contribution in [2.45, 2.75) is 0 Å². The number of ether oxygens (including phenoxy) is 1. The highest BCUT2D eigenvalue weighted by atomic mass is 16.6. The van der Waals surface area contributed by atoms with Gasteiger partial charge in [-0.25, -0.2) is 4.79 Å². The summed E-state index contributed by atoms with van der Waals surface area (Å²) in [6, 6.07) is 5.81. The molecule has 0 saturated carbocycles. The number of hydrogen-bond acceptors (Lipinski definition) is 5. The molecule has 0 aliphatic rings. The highest BCUT2D eigenvalue weighted by Crippen LogP contribution is 2.16. The van der Waals surface area contributed by atoms with Crippen LogP contribution >= 0.6 is 0 Å². The van der Waals surface area contributed by atoms with E-state index in [2.05, 4.69) is 10.6 Å². The number of hydrogen-bond donors (Lipinski definition) is 2. The molecule has 21 heavy (non-hydrogen) atoms. The quantitative estimate of drug-likeness (QED) is 0.421. The van der Waals surface area contributed by atoms with Crippen LogP contribution in [0.2, 0.25) is 0 Å². The molecule has 0 fully saturated rings. The molecule has 0 aromatic heterocycles. The van der Waals surface area contributed by atoms with Gasteiger partial charge < -0.3 is 20.3 Å². The predicted molar refractivity (Wildman–Crippen MR) is 78.5 cm³/mol. The maximum Gasteiger partial charge on any atom is 0.316 e. The molecule has 0 aliphatic carbocycles. The third-order valence-corrected chi connectivity index (χ3v) is 2.58. The molecule has 0 unspecified atom stereocenters. The van der Waals surface area contributed by atoms with Gasteiger partial charge in [-0.05, 0) is 12.1 Å². The second-order valence-corrected chi connectivity index (χ2v) is 4.48. The molecule has 116 valence electrons. The van der Waals surface area contributed by atoms with Crippen molar-refractivity contribution in [2.75, 3.05) is 40.3 Å². The Morgan fingerprint density at radius 2 is 1.90 bits per heavy atom. The van der Waals surface area contributed by atoms with Gasteiger partial charge in [0.05, 0.1) is 4.92 Å². The van der Waals surface area contributed by atoms with Crippen molar-refractivity contribution in [3.63, 3.8) is 0 Å². The molecule has 2 amide bonds. The van der Waals surface area contributed by atoms with Crippen LogP contribution in [0.3, 0.4) is 0 Å². The van der Waals surface area contributed by atoms with Crippen LogP contribution in [0.15, 0.2) is 24.3 Å². The van der Waals surface area contributed by atoms with Crippen molar-refractivity contribution in [1.82, 2.24) is 15.5 Å². The molecule has 0 atom stereocenters. The molecular formula is C13H20N4O4. The fourth-order valence-electron chi connectivity index (χ4n) is 1.45. The monoisotopic (exact) mass is 296 g/mol. The van der Waals surface area contributed by atoms with Crippen LogP contribution in [0.1, 0.15) is 0 Å². The summed E-state index contributed by atoms with van der Waals surface area (Å²) in [5.74, 6) is 0.586. The van der Waals surface area contributed by atoms with Crippen LogP contribution in [-0.2, 0) is 0 Å². The van der Waals surface area contributed by atoms with Crippen molar-refractivity contribution in [3.8, 4) is 5.75 Å². The Kier molecular flexibility index (Phi) is 6.96. The van der Waals surface area contributed by atoms with Crippen molar-refractivity contribution in [1.29, 1.82) is 0 Å². The van der Waals surface area contributed by atoms with E-state index in [0.29, 0.717) is 32.0 Å². The average molecular weight is 296 g/mol. The van der Waals surface area contributed by atoms with Crippen molar-refractivity contribution in [3.05, 3.63) is 34.4 Å². The zero-order valence-electron chi connectivity index (χ0n) is 12.2. The summed E-state index contributed by atoms with van der Waals surface area (Å²) < 4.78 is 5.43. The number of nitro benzene ring substituents is 1. The summed E-state index contributed by atoms with van der Waals surface area (Å²) in [7, 11) is 3.36. The van der Waals surface area contributed by atoms with Gasteiger partial charge in [0.2, 0.25) is 0 Å². The second-order valence-electron chi connectivity index (χ2n) is 4.48. The summed E-state index contributed by atoms with van der Waals surface area (Å²) in [6.07, 6.45) is 0. The number of nitrogens with one attached hydrogen (secondary N) is 2. The van der Waals surface area contributed by atoms with E-state index in [-0.39, 0.29) is 11.7 Å².